The van der Waals surface area contributed by atoms with Crippen molar-refractivity contribution >= 4 is 38.9 Å². The fourth-order valence-corrected chi connectivity index (χ4v) is 3.59. The Balaban J connectivity index is 1.94. The molecule has 2 N–H and O–H groups in total. The van der Waals surface area contributed by atoms with Gasteiger partial charge in [0.25, 0.3) is 0 Å². The number of rotatable bonds is 5. The lowest BCUT2D eigenvalue weighted by Crippen LogP contribution is -2.09. The first-order chi connectivity index (χ1) is 9.10. The van der Waals surface area contributed by atoms with Gasteiger partial charge in [0.05, 0.1) is 15.9 Å². The zero-order valence-corrected chi connectivity index (χ0v) is 13.7. The Labute approximate surface area is 130 Å². The van der Waals surface area contributed by atoms with E-state index in [2.05, 4.69) is 28.1 Å². The van der Waals surface area contributed by atoms with E-state index in [1.54, 1.807) is 18.4 Å². The van der Waals surface area contributed by atoms with Crippen LogP contribution in [-0.2, 0) is 6.42 Å². The molecule has 0 spiro atoms. The van der Waals surface area contributed by atoms with Gasteiger partial charge in [-0.1, -0.05) is 23.7 Å². The van der Waals surface area contributed by atoms with Crippen molar-refractivity contribution in [3.8, 4) is 5.75 Å². The zero-order valence-electron chi connectivity index (χ0n) is 10.5. The van der Waals surface area contributed by atoms with Gasteiger partial charge >= 0.3 is 0 Å². The second-order valence-corrected chi connectivity index (χ2v) is 7.07. The Morgan fingerprint density at radius 1 is 1.37 bits per heavy atom. The summed E-state index contributed by atoms with van der Waals surface area (Å²) in [4.78, 5) is 1.12. The highest BCUT2D eigenvalue weighted by Crippen LogP contribution is 2.35. The second-order valence-electron chi connectivity index (χ2n) is 4.26. The molecule has 2 nitrogen and oxygen atoms in total. The monoisotopic (exact) mass is 359 g/mol. The molecule has 0 aliphatic rings. The van der Waals surface area contributed by atoms with Crippen LogP contribution in [0, 0.1) is 0 Å². The van der Waals surface area contributed by atoms with Crippen LogP contribution in [0.5, 0.6) is 5.75 Å². The smallest absolute Gasteiger partial charge is 0.118 e. The lowest BCUT2D eigenvalue weighted by atomic mass is 10.0. The van der Waals surface area contributed by atoms with Crippen molar-refractivity contribution in [2.45, 2.75) is 18.9 Å². The van der Waals surface area contributed by atoms with Crippen molar-refractivity contribution in [1.29, 1.82) is 0 Å². The van der Waals surface area contributed by atoms with Crippen molar-refractivity contribution in [1.82, 2.24) is 0 Å². The van der Waals surface area contributed by atoms with Crippen LogP contribution < -0.4 is 10.5 Å². The summed E-state index contributed by atoms with van der Waals surface area (Å²) in [7, 11) is 1.67. The highest BCUT2D eigenvalue weighted by molar-refractivity contribution is 9.11. The van der Waals surface area contributed by atoms with Crippen molar-refractivity contribution in [2.75, 3.05) is 7.11 Å². The molecule has 0 saturated carbocycles. The fraction of sp³-hybridized carbons (Fsp3) is 0.286. The predicted octanol–water partition coefficient (Wildman–Crippen LogP) is 4.81. The normalized spacial score (nSPS) is 12.4. The maximum Gasteiger partial charge on any atom is 0.118 e. The van der Waals surface area contributed by atoms with Gasteiger partial charge in [0.1, 0.15) is 5.75 Å². The van der Waals surface area contributed by atoms with E-state index in [4.69, 9.17) is 22.1 Å². The lowest BCUT2D eigenvalue weighted by Gasteiger charge is -2.09. The maximum absolute atomic E-state index is 6.19. The molecule has 2 aromatic rings. The number of methoxy groups -OCH3 is 1. The Bertz CT molecular complexity index is 521. The van der Waals surface area contributed by atoms with Crippen LogP contribution in [0.15, 0.2) is 34.1 Å². The number of nitrogens with two attached hydrogens (primary N) is 1. The number of ether oxygens (including phenoxy) is 1. The lowest BCUT2D eigenvalue weighted by molar-refractivity contribution is 0.414. The molecule has 19 heavy (non-hydrogen) atoms. The molecule has 1 heterocycles. The molecular formula is C14H15BrClNOS. The van der Waals surface area contributed by atoms with Gasteiger partial charge in [0.2, 0.25) is 0 Å². The summed E-state index contributed by atoms with van der Waals surface area (Å²) >= 11 is 11.0. The van der Waals surface area contributed by atoms with Gasteiger partial charge in [0.15, 0.2) is 0 Å². The van der Waals surface area contributed by atoms with Crippen LogP contribution in [-0.4, -0.2) is 7.11 Å². The number of aryl methyl sites for hydroxylation is 1. The average Bonchev–Trinajstić information content (AvgIpc) is 2.77. The number of benzene rings is 1. The second kappa shape index (κ2) is 6.75. The third-order valence-corrected chi connectivity index (χ3v) is 5.54. The third-order valence-electron chi connectivity index (χ3n) is 2.93. The first-order valence-corrected chi connectivity index (χ1v) is 7.92. The van der Waals surface area contributed by atoms with Gasteiger partial charge in [0, 0.05) is 10.9 Å². The van der Waals surface area contributed by atoms with Crippen LogP contribution in [0.2, 0.25) is 5.02 Å². The highest BCUT2D eigenvalue weighted by Gasteiger charge is 2.12. The average molecular weight is 361 g/mol. The van der Waals surface area contributed by atoms with Crippen LogP contribution in [0.4, 0.5) is 0 Å². The molecule has 1 aromatic heterocycles. The van der Waals surface area contributed by atoms with Crippen LogP contribution in [0.1, 0.15) is 22.9 Å². The topological polar surface area (TPSA) is 35.2 Å². The number of halogens is 2. The largest absolute Gasteiger partial charge is 0.497 e. The molecule has 1 unspecified atom stereocenters. The van der Waals surface area contributed by atoms with Crippen molar-refractivity contribution in [3.05, 3.63) is 49.6 Å². The molecular weight excluding hydrogens is 346 g/mol. The Kier molecular flexibility index (Phi) is 5.28. The van der Waals surface area contributed by atoms with Crippen LogP contribution in [0.25, 0.3) is 0 Å². The van der Waals surface area contributed by atoms with E-state index < -0.39 is 0 Å². The first kappa shape index (κ1) is 14.9. The molecule has 1 atom stereocenters. The first-order valence-electron chi connectivity index (χ1n) is 5.93. The minimum atomic E-state index is 0.0240. The van der Waals surface area contributed by atoms with E-state index in [0.29, 0.717) is 0 Å². The predicted molar refractivity (Wildman–Crippen MR) is 85.3 cm³/mol. The molecule has 0 amide bonds. The molecule has 0 aliphatic heterocycles. The van der Waals surface area contributed by atoms with Crippen LogP contribution >= 0.6 is 38.9 Å². The molecule has 102 valence electrons. The van der Waals surface area contributed by atoms with E-state index in [9.17, 15) is 0 Å². The van der Waals surface area contributed by atoms with Gasteiger partial charge in [-0.15, -0.1) is 11.3 Å². The molecule has 0 aliphatic carbocycles. The SMILES string of the molecule is COc1ccc(CCC(N)c2cc(Cl)c(Br)s2)cc1. The van der Waals surface area contributed by atoms with Crippen molar-refractivity contribution in [3.63, 3.8) is 0 Å². The maximum atomic E-state index is 6.19. The third kappa shape index (κ3) is 3.96. The van der Waals surface area contributed by atoms with Gasteiger partial charge in [-0.3, -0.25) is 0 Å². The van der Waals surface area contributed by atoms with Crippen LogP contribution in [0.3, 0.4) is 0 Å². The minimum Gasteiger partial charge on any atom is -0.497 e. The van der Waals surface area contributed by atoms with Crippen molar-refractivity contribution in [2.24, 2.45) is 5.73 Å². The molecule has 5 heteroatoms. The molecule has 0 radical (unpaired) electrons. The molecule has 1 aromatic carbocycles. The number of hydrogen-bond donors (Lipinski definition) is 1. The Morgan fingerprint density at radius 2 is 2.05 bits per heavy atom. The summed E-state index contributed by atoms with van der Waals surface area (Å²) in [6.45, 7) is 0. The molecule has 0 fully saturated rings. The Morgan fingerprint density at radius 3 is 2.58 bits per heavy atom. The van der Waals surface area contributed by atoms with E-state index in [-0.39, 0.29) is 6.04 Å². The number of hydrogen-bond acceptors (Lipinski definition) is 3. The van der Waals surface area contributed by atoms with E-state index in [0.717, 1.165) is 32.3 Å². The summed E-state index contributed by atoms with van der Waals surface area (Å²) in [5, 5.41) is 0.736. The van der Waals surface area contributed by atoms with Gasteiger partial charge in [-0.25, -0.2) is 0 Å². The van der Waals surface area contributed by atoms with Crippen molar-refractivity contribution < 1.29 is 4.74 Å². The van der Waals surface area contributed by atoms with E-state index >= 15 is 0 Å². The fourth-order valence-electron chi connectivity index (χ4n) is 1.80. The summed E-state index contributed by atoms with van der Waals surface area (Å²) in [5.41, 5.74) is 7.45. The minimum absolute atomic E-state index is 0.0240. The molecule has 2 rings (SSSR count). The Hall–Kier alpha value is -0.550. The molecule has 0 bridgehead atoms. The van der Waals surface area contributed by atoms with E-state index in [1.165, 1.54) is 5.56 Å². The van der Waals surface area contributed by atoms with Gasteiger partial charge in [-0.2, -0.15) is 0 Å². The van der Waals surface area contributed by atoms with Gasteiger partial charge < -0.3 is 10.5 Å². The zero-order chi connectivity index (χ0) is 13.8. The standard InChI is InChI=1S/C14H15BrClNOS/c1-18-10-5-2-9(3-6-10)4-7-12(17)13-8-11(16)14(15)19-13/h2-3,5-6,8,12H,4,7,17H2,1H3. The number of thiophene rings is 1. The quantitative estimate of drug-likeness (QED) is 0.831. The highest BCUT2D eigenvalue weighted by atomic mass is 79.9. The van der Waals surface area contributed by atoms with E-state index in [1.807, 2.05) is 18.2 Å². The summed E-state index contributed by atoms with van der Waals surface area (Å²) < 4.78 is 6.09. The van der Waals surface area contributed by atoms with Gasteiger partial charge in [-0.05, 0) is 52.5 Å². The molecule has 0 saturated heterocycles. The summed E-state index contributed by atoms with van der Waals surface area (Å²) in [5.74, 6) is 0.877. The summed E-state index contributed by atoms with van der Waals surface area (Å²) in [6, 6.07) is 10.1. The summed E-state index contributed by atoms with van der Waals surface area (Å²) in [6.07, 6.45) is 1.84.